The van der Waals surface area contributed by atoms with Gasteiger partial charge in [0.25, 0.3) is 5.89 Å². The molecule has 1 amide bonds. The third-order valence-electron chi connectivity index (χ3n) is 6.80. The summed E-state index contributed by atoms with van der Waals surface area (Å²) in [5.74, 6) is 0.339. The minimum Gasteiger partial charge on any atom is -0.439 e. The summed E-state index contributed by atoms with van der Waals surface area (Å²) in [5, 5.41) is 6.63. The lowest BCUT2D eigenvalue weighted by Crippen LogP contribution is -2.55. The van der Waals surface area contributed by atoms with Gasteiger partial charge < -0.3 is 19.5 Å². The van der Waals surface area contributed by atoms with Crippen LogP contribution in [0.3, 0.4) is 0 Å². The second kappa shape index (κ2) is 9.40. The summed E-state index contributed by atoms with van der Waals surface area (Å²) in [6, 6.07) is 7.63. The van der Waals surface area contributed by atoms with Gasteiger partial charge in [-0.15, -0.1) is 0 Å². The van der Waals surface area contributed by atoms with E-state index in [9.17, 15) is 22.4 Å². The lowest BCUT2D eigenvalue weighted by atomic mass is 9.60. The van der Waals surface area contributed by atoms with Crippen LogP contribution in [0, 0.1) is 11.2 Å². The molecule has 5 rings (SSSR count). The van der Waals surface area contributed by atoms with Crippen LogP contribution in [-0.2, 0) is 17.5 Å². The van der Waals surface area contributed by atoms with Crippen LogP contribution >= 0.6 is 0 Å². The minimum absolute atomic E-state index is 0.0341. The van der Waals surface area contributed by atoms with Crippen molar-refractivity contribution in [2.75, 3.05) is 18.0 Å². The molecule has 1 aliphatic heterocycles. The van der Waals surface area contributed by atoms with Crippen LogP contribution in [0.4, 0.5) is 28.2 Å². The van der Waals surface area contributed by atoms with E-state index in [1.165, 1.54) is 30.5 Å². The second-order valence-corrected chi connectivity index (χ2v) is 9.23. The Morgan fingerprint density at radius 3 is 2.58 bits per heavy atom. The molecule has 12 heteroatoms. The van der Waals surface area contributed by atoms with Crippen molar-refractivity contribution in [1.29, 1.82) is 0 Å². The van der Waals surface area contributed by atoms with Crippen molar-refractivity contribution in [2.45, 2.75) is 44.5 Å². The van der Waals surface area contributed by atoms with E-state index in [0.29, 0.717) is 24.5 Å². The minimum atomic E-state index is -4.40. The molecule has 36 heavy (non-hydrogen) atoms. The van der Waals surface area contributed by atoms with E-state index in [4.69, 9.17) is 9.26 Å². The first-order chi connectivity index (χ1) is 17.2. The van der Waals surface area contributed by atoms with Gasteiger partial charge in [-0.05, 0) is 67.5 Å². The Kier molecular flexibility index (Phi) is 6.27. The maximum Gasteiger partial charge on any atom is 0.416 e. The zero-order valence-corrected chi connectivity index (χ0v) is 19.1. The molecule has 2 aromatic heterocycles. The standard InChI is InChI=1S/C24H23F4N5O3/c25-17-3-1-15(2-4-17)21-31-20(36-32-21)14-35-22(34)30-18-12-23(13-18)6-9-33(10-7-23)19-11-16(5-8-29-19)24(26,27)28/h1-5,8,11,18H,6-7,9-10,12-14H2,(H,30,34). The lowest BCUT2D eigenvalue weighted by molar-refractivity contribution is -0.137. The topological polar surface area (TPSA) is 93.4 Å². The third-order valence-corrected chi connectivity index (χ3v) is 6.80. The monoisotopic (exact) mass is 505 g/mol. The molecule has 1 aromatic carbocycles. The Bertz CT molecular complexity index is 1210. The molecule has 3 heterocycles. The van der Waals surface area contributed by atoms with E-state index in [-0.39, 0.29) is 35.6 Å². The number of halogens is 4. The number of rotatable bonds is 5. The Morgan fingerprint density at radius 2 is 1.89 bits per heavy atom. The highest BCUT2D eigenvalue weighted by atomic mass is 19.4. The summed E-state index contributed by atoms with van der Waals surface area (Å²) < 4.78 is 62.3. The number of piperidine rings is 1. The molecular formula is C24H23F4N5O3. The molecule has 0 radical (unpaired) electrons. The summed E-state index contributed by atoms with van der Waals surface area (Å²) in [4.78, 5) is 22.3. The maximum absolute atomic E-state index is 13.0. The van der Waals surface area contributed by atoms with E-state index in [1.54, 1.807) is 0 Å². The van der Waals surface area contributed by atoms with E-state index < -0.39 is 17.8 Å². The third kappa shape index (κ3) is 5.26. The average molecular weight is 505 g/mol. The molecule has 0 unspecified atom stereocenters. The maximum atomic E-state index is 13.0. The predicted octanol–water partition coefficient (Wildman–Crippen LogP) is 4.96. The van der Waals surface area contributed by atoms with Crippen molar-refractivity contribution >= 4 is 11.9 Å². The fourth-order valence-electron chi connectivity index (χ4n) is 4.84. The number of nitrogens with zero attached hydrogens (tertiary/aromatic N) is 4. The fraction of sp³-hybridized carbons (Fsp3) is 0.417. The molecule has 1 N–H and O–H groups in total. The highest BCUT2D eigenvalue weighted by Crippen LogP contribution is 2.49. The van der Waals surface area contributed by atoms with Gasteiger partial charge >= 0.3 is 12.3 Å². The Hall–Kier alpha value is -3.70. The number of aromatic nitrogens is 3. The van der Waals surface area contributed by atoms with Crippen molar-refractivity contribution in [3.8, 4) is 11.4 Å². The smallest absolute Gasteiger partial charge is 0.416 e. The van der Waals surface area contributed by atoms with Crippen molar-refractivity contribution in [3.63, 3.8) is 0 Å². The molecule has 0 bridgehead atoms. The van der Waals surface area contributed by atoms with Crippen LogP contribution in [0.2, 0.25) is 0 Å². The van der Waals surface area contributed by atoms with Gasteiger partial charge in [0.2, 0.25) is 5.82 Å². The van der Waals surface area contributed by atoms with Gasteiger partial charge in [-0.3, -0.25) is 0 Å². The van der Waals surface area contributed by atoms with Crippen molar-refractivity contribution in [1.82, 2.24) is 20.4 Å². The molecule has 0 atom stereocenters. The Morgan fingerprint density at radius 1 is 1.17 bits per heavy atom. The van der Waals surface area contributed by atoms with Gasteiger partial charge in [0.15, 0.2) is 6.61 Å². The molecule has 1 saturated heterocycles. The first kappa shape index (κ1) is 24.0. The van der Waals surface area contributed by atoms with E-state index in [1.807, 2.05) is 4.90 Å². The largest absolute Gasteiger partial charge is 0.439 e. The SMILES string of the molecule is O=C(NC1CC2(CCN(c3cc(C(F)(F)F)ccn3)CC2)C1)OCc1nc(-c2ccc(F)cc2)no1. The van der Waals surface area contributed by atoms with E-state index in [2.05, 4.69) is 20.4 Å². The normalized spacial score (nSPS) is 17.6. The van der Waals surface area contributed by atoms with E-state index in [0.717, 1.165) is 37.8 Å². The van der Waals surface area contributed by atoms with Gasteiger partial charge in [0, 0.05) is 30.9 Å². The highest BCUT2D eigenvalue weighted by Gasteiger charge is 2.46. The number of alkyl carbamates (subject to hydrolysis) is 1. The summed E-state index contributed by atoms with van der Waals surface area (Å²) in [6.07, 6.45) is -0.622. The number of ether oxygens (including phenoxy) is 1. The van der Waals surface area contributed by atoms with Crippen molar-refractivity contribution in [2.24, 2.45) is 5.41 Å². The van der Waals surface area contributed by atoms with Crippen LogP contribution in [0.15, 0.2) is 47.1 Å². The predicted molar refractivity (Wildman–Crippen MR) is 119 cm³/mol. The van der Waals surface area contributed by atoms with E-state index >= 15 is 0 Å². The number of anilines is 1. The number of hydrogen-bond acceptors (Lipinski definition) is 7. The number of alkyl halides is 3. The van der Waals surface area contributed by atoms with Crippen LogP contribution in [-0.4, -0.2) is 40.3 Å². The number of amides is 1. The molecule has 1 aliphatic carbocycles. The van der Waals surface area contributed by atoms with Gasteiger partial charge in [-0.25, -0.2) is 14.2 Å². The fourth-order valence-corrected chi connectivity index (χ4v) is 4.84. The second-order valence-electron chi connectivity index (χ2n) is 9.23. The number of hydrogen-bond donors (Lipinski definition) is 1. The summed E-state index contributed by atoms with van der Waals surface area (Å²) in [6.45, 7) is 1.02. The number of pyridine rings is 1. The van der Waals surface area contributed by atoms with Gasteiger partial charge in [0.1, 0.15) is 11.6 Å². The zero-order chi connectivity index (χ0) is 25.3. The number of benzene rings is 1. The lowest BCUT2D eigenvalue weighted by Gasteiger charge is -2.52. The van der Waals surface area contributed by atoms with Gasteiger partial charge in [0.05, 0.1) is 5.56 Å². The summed E-state index contributed by atoms with van der Waals surface area (Å²) in [7, 11) is 0. The van der Waals surface area contributed by atoms with Crippen LogP contribution in [0.1, 0.15) is 37.1 Å². The van der Waals surface area contributed by atoms with Crippen molar-refractivity contribution in [3.05, 3.63) is 59.9 Å². The van der Waals surface area contributed by atoms with Crippen molar-refractivity contribution < 1.29 is 31.6 Å². The van der Waals surface area contributed by atoms with Crippen LogP contribution in [0.25, 0.3) is 11.4 Å². The molecule has 190 valence electrons. The molecule has 1 spiro atoms. The Labute approximate surface area is 203 Å². The van der Waals surface area contributed by atoms with Crippen LogP contribution < -0.4 is 10.2 Å². The average Bonchev–Trinajstić information content (AvgIpc) is 3.31. The molecular weight excluding hydrogens is 482 g/mol. The molecule has 8 nitrogen and oxygen atoms in total. The first-order valence-electron chi connectivity index (χ1n) is 11.5. The summed E-state index contributed by atoms with van der Waals surface area (Å²) >= 11 is 0. The number of carbonyl (C=O) groups excluding carboxylic acids is 1. The van der Waals surface area contributed by atoms with Crippen LogP contribution in [0.5, 0.6) is 0 Å². The number of nitrogens with one attached hydrogen (secondary N) is 1. The molecule has 2 aliphatic rings. The molecule has 1 saturated carbocycles. The zero-order valence-electron chi connectivity index (χ0n) is 19.1. The van der Waals surface area contributed by atoms with Gasteiger partial charge in [-0.2, -0.15) is 18.2 Å². The first-order valence-corrected chi connectivity index (χ1v) is 11.5. The number of carbonyl (C=O) groups is 1. The summed E-state index contributed by atoms with van der Waals surface area (Å²) in [5.41, 5.74) is -0.0657. The quantitative estimate of drug-likeness (QED) is 0.490. The highest BCUT2D eigenvalue weighted by molar-refractivity contribution is 5.67. The molecule has 2 fully saturated rings. The van der Waals surface area contributed by atoms with Gasteiger partial charge in [-0.1, -0.05) is 5.16 Å². The molecule has 3 aromatic rings. The Balaban J connectivity index is 1.05.